The fraction of sp³-hybridized carbons (Fsp3) is 0.120. The van der Waals surface area contributed by atoms with Crippen molar-refractivity contribution in [1.29, 1.82) is 0 Å². The summed E-state index contributed by atoms with van der Waals surface area (Å²) in [6, 6.07) is 18.3. The van der Waals surface area contributed by atoms with Gasteiger partial charge in [-0.3, -0.25) is 15.0 Å². The van der Waals surface area contributed by atoms with Gasteiger partial charge >= 0.3 is 0 Å². The van der Waals surface area contributed by atoms with Crippen LogP contribution in [0, 0.1) is 0 Å². The lowest BCUT2D eigenvalue weighted by molar-refractivity contribution is -0.117. The molecule has 0 spiro atoms. The zero-order valence-corrected chi connectivity index (χ0v) is 22.7. The van der Waals surface area contributed by atoms with Crippen LogP contribution in [-0.2, 0) is 16.2 Å². The molecule has 174 valence electrons. The molecule has 1 heterocycles. The molecule has 9 heteroatoms. The van der Waals surface area contributed by atoms with Gasteiger partial charge in [0.25, 0.3) is 11.8 Å². The minimum absolute atomic E-state index is 0.0273. The Labute approximate surface area is 222 Å². The van der Waals surface area contributed by atoms with E-state index in [2.05, 4.69) is 53.2 Å². The Morgan fingerprint density at radius 2 is 1.65 bits per heavy atom. The maximum absolute atomic E-state index is 12.9. The van der Waals surface area contributed by atoms with E-state index in [1.54, 1.807) is 42.5 Å². The summed E-state index contributed by atoms with van der Waals surface area (Å²) < 4.78 is 14.4. The number of para-hydroxylation sites is 1. The predicted molar refractivity (Wildman–Crippen MR) is 142 cm³/mol. The van der Waals surface area contributed by atoms with Gasteiger partial charge in [0.05, 0.1) is 12.3 Å². The highest BCUT2D eigenvalue weighted by molar-refractivity contribution is 9.11. The van der Waals surface area contributed by atoms with Crippen molar-refractivity contribution < 1.29 is 19.1 Å². The highest BCUT2D eigenvalue weighted by atomic mass is 79.9. The lowest BCUT2D eigenvalue weighted by Gasteiger charge is -2.15. The van der Waals surface area contributed by atoms with Crippen LogP contribution in [0.15, 0.2) is 79.7 Å². The molecule has 0 saturated carbocycles. The average Bonchev–Trinajstić information content (AvgIpc) is 3.10. The number of hydrazine groups is 1. The summed E-state index contributed by atoms with van der Waals surface area (Å²) in [7, 11) is 0. The number of hydrogen-bond acceptors (Lipinski definition) is 4. The Morgan fingerprint density at radius 1 is 0.912 bits per heavy atom. The van der Waals surface area contributed by atoms with Gasteiger partial charge in [0.1, 0.15) is 12.2 Å². The molecule has 6 nitrogen and oxygen atoms in total. The number of carbonyl (C=O) groups is 2. The Balaban J connectivity index is 1.61. The van der Waals surface area contributed by atoms with Crippen LogP contribution in [0.4, 0.5) is 5.69 Å². The second kappa shape index (κ2) is 10.8. The largest absolute Gasteiger partial charge is 0.490 e. The maximum atomic E-state index is 12.9. The first-order chi connectivity index (χ1) is 16.4. The van der Waals surface area contributed by atoms with E-state index in [0.717, 1.165) is 14.5 Å². The Hall–Kier alpha value is -2.62. The number of ether oxygens (including phenoxy) is 2. The van der Waals surface area contributed by atoms with Crippen molar-refractivity contribution in [2.45, 2.75) is 13.5 Å². The summed E-state index contributed by atoms with van der Waals surface area (Å²) in [5.74, 6) is 0.149. The van der Waals surface area contributed by atoms with E-state index in [0.29, 0.717) is 40.4 Å². The lowest BCUT2D eigenvalue weighted by Crippen LogP contribution is -2.35. The first-order valence-corrected chi connectivity index (χ1v) is 12.7. The lowest BCUT2D eigenvalue weighted by atomic mass is 10.1. The SMILES string of the molecule is CCOc1cc(/C=C2/C(=O)NN(c3ccccc3)C2=O)c(Br)cc1OCc1ccc(Br)cc1Br. The van der Waals surface area contributed by atoms with Gasteiger partial charge < -0.3 is 9.47 Å². The third-order valence-electron chi connectivity index (χ3n) is 4.97. The van der Waals surface area contributed by atoms with E-state index in [-0.39, 0.29) is 5.57 Å². The van der Waals surface area contributed by atoms with Crippen LogP contribution in [0.3, 0.4) is 0 Å². The van der Waals surface area contributed by atoms with Gasteiger partial charge in [-0.25, -0.2) is 5.01 Å². The molecule has 3 aromatic carbocycles. The average molecular weight is 651 g/mol. The summed E-state index contributed by atoms with van der Waals surface area (Å²) in [6.07, 6.45) is 1.54. The van der Waals surface area contributed by atoms with E-state index >= 15 is 0 Å². The number of amides is 2. The van der Waals surface area contributed by atoms with E-state index in [4.69, 9.17) is 9.47 Å². The number of nitrogens with zero attached hydrogens (tertiary/aromatic N) is 1. The number of halogens is 3. The third kappa shape index (κ3) is 5.37. The number of anilines is 1. The van der Waals surface area contributed by atoms with Crippen LogP contribution in [0.1, 0.15) is 18.1 Å². The fourth-order valence-corrected chi connectivity index (χ4v) is 4.91. The molecule has 34 heavy (non-hydrogen) atoms. The van der Waals surface area contributed by atoms with Crippen molar-refractivity contribution in [2.24, 2.45) is 0 Å². The molecule has 2 amide bonds. The second-order valence-electron chi connectivity index (χ2n) is 7.25. The molecule has 1 saturated heterocycles. The van der Waals surface area contributed by atoms with Gasteiger partial charge in [-0.05, 0) is 55.0 Å². The molecule has 4 rings (SSSR count). The smallest absolute Gasteiger partial charge is 0.282 e. The zero-order chi connectivity index (χ0) is 24.2. The standard InChI is InChI=1S/C25H19Br3N2O4/c1-2-33-22-11-16(10-19-24(31)29-30(25(19)32)18-6-4-3-5-7-18)21(28)13-23(22)34-14-15-8-9-17(26)12-20(15)27/h3-13H,2,14H2,1H3,(H,29,31)/b19-10-. The zero-order valence-electron chi connectivity index (χ0n) is 18.0. The van der Waals surface area contributed by atoms with Crippen molar-refractivity contribution in [2.75, 3.05) is 11.6 Å². The van der Waals surface area contributed by atoms with Crippen LogP contribution in [0.2, 0.25) is 0 Å². The van der Waals surface area contributed by atoms with E-state index in [1.165, 1.54) is 5.01 Å². The number of nitrogens with one attached hydrogen (secondary N) is 1. The molecule has 1 aliphatic rings. The van der Waals surface area contributed by atoms with E-state index in [1.807, 2.05) is 31.2 Å². The van der Waals surface area contributed by atoms with Gasteiger partial charge in [0.15, 0.2) is 11.5 Å². The molecule has 0 aromatic heterocycles. The Kier molecular flexibility index (Phi) is 7.75. The predicted octanol–water partition coefficient (Wildman–Crippen LogP) is 6.41. The van der Waals surface area contributed by atoms with E-state index in [9.17, 15) is 9.59 Å². The van der Waals surface area contributed by atoms with Crippen molar-refractivity contribution in [3.8, 4) is 11.5 Å². The van der Waals surface area contributed by atoms with Gasteiger partial charge in [-0.15, -0.1) is 0 Å². The molecule has 0 aliphatic carbocycles. The normalized spacial score (nSPS) is 14.5. The minimum atomic E-state index is -0.473. The van der Waals surface area contributed by atoms with Gasteiger partial charge in [0.2, 0.25) is 0 Å². The summed E-state index contributed by atoms with van der Waals surface area (Å²) in [4.78, 5) is 25.5. The molecule has 1 fully saturated rings. The van der Waals surface area contributed by atoms with Crippen LogP contribution in [0.5, 0.6) is 11.5 Å². The quantitative estimate of drug-likeness (QED) is 0.237. The fourth-order valence-electron chi connectivity index (χ4n) is 3.31. The van der Waals surface area contributed by atoms with Gasteiger partial charge in [-0.1, -0.05) is 72.1 Å². The third-order valence-corrected chi connectivity index (χ3v) is 6.89. The molecule has 0 bridgehead atoms. The summed E-state index contributed by atoms with van der Waals surface area (Å²) in [5.41, 5.74) is 4.81. The molecule has 1 N–H and O–H groups in total. The summed E-state index contributed by atoms with van der Waals surface area (Å²) in [6.45, 7) is 2.63. The van der Waals surface area contributed by atoms with Crippen molar-refractivity contribution in [3.63, 3.8) is 0 Å². The summed E-state index contributed by atoms with van der Waals surface area (Å²) in [5, 5.41) is 1.24. The van der Waals surface area contributed by atoms with Crippen LogP contribution >= 0.6 is 47.8 Å². The number of hydrogen-bond donors (Lipinski definition) is 1. The molecular formula is C25H19Br3N2O4. The van der Waals surface area contributed by atoms with E-state index < -0.39 is 11.8 Å². The number of carbonyl (C=O) groups excluding carboxylic acids is 2. The monoisotopic (exact) mass is 648 g/mol. The number of rotatable bonds is 7. The first-order valence-electron chi connectivity index (χ1n) is 10.3. The molecule has 0 radical (unpaired) electrons. The Morgan fingerprint density at radius 3 is 2.35 bits per heavy atom. The van der Waals surface area contributed by atoms with Crippen molar-refractivity contribution >= 4 is 71.4 Å². The summed E-state index contributed by atoms with van der Waals surface area (Å²) >= 11 is 10.5. The molecule has 0 atom stereocenters. The topological polar surface area (TPSA) is 67.9 Å². The molecule has 3 aromatic rings. The van der Waals surface area contributed by atoms with Crippen LogP contribution < -0.4 is 19.9 Å². The van der Waals surface area contributed by atoms with Gasteiger partial charge in [-0.2, -0.15) is 0 Å². The Bertz CT molecular complexity index is 1280. The molecule has 1 aliphatic heterocycles. The number of benzene rings is 3. The van der Waals surface area contributed by atoms with Crippen molar-refractivity contribution in [1.82, 2.24) is 5.43 Å². The maximum Gasteiger partial charge on any atom is 0.282 e. The van der Waals surface area contributed by atoms with Crippen LogP contribution in [-0.4, -0.2) is 18.4 Å². The molecule has 0 unspecified atom stereocenters. The molecular weight excluding hydrogens is 632 g/mol. The van der Waals surface area contributed by atoms with Gasteiger partial charge in [0, 0.05) is 19.0 Å². The minimum Gasteiger partial charge on any atom is -0.490 e. The first kappa shape index (κ1) is 24.5. The highest BCUT2D eigenvalue weighted by Crippen LogP contribution is 2.36. The van der Waals surface area contributed by atoms with Crippen molar-refractivity contribution in [3.05, 3.63) is 90.8 Å². The highest BCUT2D eigenvalue weighted by Gasteiger charge is 2.34. The van der Waals surface area contributed by atoms with Crippen LogP contribution in [0.25, 0.3) is 6.08 Å². The second-order valence-corrected chi connectivity index (χ2v) is 9.88.